The first-order chi connectivity index (χ1) is 18.1. The number of piperazine rings is 1. The van der Waals surface area contributed by atoms with Gasteiger partial charge in [0.25, 0.3) is 5.91 Å². The molecule has 3 aliphatic rings. The lowest BCUT2D eigenvalue weighted by Crippen LogP contribution is -2.64. The van der Waals surface area contributed by atoms with Crippen LogP contribution in [0.15, 0.2) is 30.3 Å². The molecule has 3 amide bonds. The minimum atomic E-state index is -1.07. The maximum absolute atomic E-state index is 13.4. The monoisotopic (exact) mass is 522 g/mol. The number of amides is 3. The van der Waals surface area contributed by atoms with Gasteiger partial charge in [-0.15, -0.1) is 0 Å². The summed E-state index contributed by atoms with van der Waals surface area (Å²) in [6.07, 6.45) is -0.662. The zero-order valence-electron chi connectivity index (χ0n) is 21.3. The molecule has 0 spiro atoms. The number of fused-ring (bicyclic) bond motifs is 4. The fourth-order valence-corrected chi connectivity index (χ4v) is 5.24. The third kappa shape index (κ3) is 4.13. The van der Waals surface area contributed by atoms with Crippen LogP contribution in [0.5, 0.6) is 17.2 Å². The number of rotatable bonds is 4. The Morgan fingerprint density at radius 1 is 1.05 bits per heavy atom. The molecule has 3 atom stereocenters. The van der Waals surface area contributed by atoms with Crippen molar-refractivity contribution in [2.45, 2.75) is 52.5 Å². The Bertz CT molecular complexity index is 1370. The van der Waals surface area contributed by atoms with Gasteiger partial charge in [0.15, 0.2) is 11.5 Å². The molecule has 11 nitrogen and oxygen atoms in total. The average molecular weight is 523 g/mol. The van der Waals surface area contributed by atoms with E-state index in [1.165, 1.54) is 18.7 Å². The maximum Gasteiger partial charge on any atom is 0.338 e. The lowest BCUT2D eigenvalue weighted by molar-refractivity contribution is -0.165. The Morgan fingerprint density at radius 2 is 1.74 bits per heavy atom. The van der Waals surface area contributed by atoms with Crippen LogP contribution in [0.25, 0.3) is 0 Å². The molecule has 2 aromatic carbocycles. The molecule has 198 valence electrons. The zero-order chi connectivity index (χ0) is 27.3. The van der Waals surface area contributed by atoms with Crippen molar-refractivity contribution in [1.82, 2.24) is 9.80 Å². The first-order valence-corrected chi connectivity index (χ1v) is 12.1. The summed E-state index contributed by atoms with van der Waals surface area (Å²) >= 11 is 0. The molecule has 38 heavy (non-hydrogen) atoms. The summed E-state index contributed by atoms with van der Waals surface area (Å²) < 4.78 is 23.0. The number of hydrogen-bond acceptors (Lipinski definition) is 9. The highest BCUT2D eigenvalue weighted by Gasteiger charge is 2.51. The number of esters is 2. The number of imide groups is 1. The molecule has 1 unspecified atom stereocenters. The zero-order valence-corrected chi connectivity index (χ0v) is 21.3. The van der Waals surface area contributed by atoms with Gasteiger partial charge < -0.3 is 23.8 Å². The smallest absolute Gasteiger partial charge is 0.338 e. The van der Waals surface area contributed by atoms with Gasteiger partial charge in [-0.2, -0.15) is 0 Å². The van der Waals surface area contributed by atoms with Crippen LogP contribution in [0.3, 0.4) is 0 Å². The van der Waals surface area contributed by atoms with Crippen LogP contribution < -0.4 is 14.2 Å². The molecule has 2 aromatic rings. The summed E-state index contributed by atoms with van der Waals surface area (Å²) in [5.41, 5.74) is 1.65. The van der Waals surface area contributed by atoms with E-state index in [-0.39, 0.29) is 18.8 Å². The third-order valence-corrected chi connectivity index (χ3v) is 6.84. The highest BCUT2D eigenvalue weighted by molar-refractivity contribution is 6.05. The lowest BCUT2D eigenvalue weighted by atomic mass is 9.83. The van der Waals surface area contributed by atoms with Gasteiger partial charge >= 0.3 is 11.9 Å². The van der Waals surface area contributed by atoms with Crippen molar-refractivity contribution in [2.24, 2.45) is 0 Å². The van der Waals surface area contributed by atoms with Crippen LogP contribution in [0, 0.1) is 6.92 Å². The summed E-state index contributed by atoms with van der Waals surface area (Å²) in [6.45, 7) is 5.06. The molecular formula is C27H26N2O9. The fourth-order valence-electron chi connectivity index (χ4n) is 5.24. The second kappa shape index (κ2) is 9.47. The van der Waals surface area contributed by atoms with Gasteiger partial charge in [0.05, 0.1) is 11.6 Å². The Balaban J connectivity index is 1.66. The summed E-state index contributed by atoms with van der Waals surface area (Å²) in [5, 5.41) is 0. The van der Waals surface area contributed by atoms with Crippen LogP contribution in [-0.4, -0.2) is 64.9 Å². The Hall–Kier alpha value is -4.41. The molecule has 0 bridgehead atoms. The van der Waals surface area contributed by atoms with E-state index < -0.39 is 54.6 Å². The molecule has 0 saturated carbocycles. The number of ether oxygens (including phenoxy) is 4. The van der Waals surface area contributed by atoms with Crippen molar-refractivity contribution in [3.63, 3.8) is 0 Å². The molecule has 3 heterocycles. The molecule has 1 saturated heterocycles. The van der Waals surface area contributed by atoms with Gasteiger partial charge in [0.2, 0.25) is 18.1 Å². The number of benzene rings is 2. The molecule has 0 radical (unpaired) electrons. The molecule has 0 aromatic heterocycles. The Labute approximate surface area is 218 Å². The van der Waals surface area contributed by atoms with Crippen molar-refractivity contribution < 1.29 is 42.9 Å². The van der Waals surface area contributed by atoms with Crippen molar-refractivity contribution in [3.8, 4) is 17.2 Å². The van der Waals surface area contributed by atoms with Crippen molar-refractivity contribution >= 4 is 29.7 Å². The third-order valence-electron chi connectivity index (χ3n) is 6.84. The summed E-state index contributed by atoms with van der Waals surface area (Å²) in [6, 6.07) is 6.26. The van der Waals surface area contributed by atoms with Crippen LogP contribution in [-0.2, 0) is 30.3 Å². The molecule has 0 N–H and O–H groups in total. The molecule has 3 aliphatic heterocycles. The van der Waals surface area contributed by atoms with E-state index in [1.807, 2.05) is 0 Å². The van der Waals surface area contributed by atoms with Crippen molar-refractivity contribution in [3.05, 3.63) is 52.6 Å². The Kier molecular flexibility index (Phi) is 6.29. The summed E-state index contributed by atoms with van der Waals surface area (Å²) in [5.74, 6) is -1.98. The highest BCUT2D eigenvalue weighted by atomic mass is 16.7. The van der Waals surface area contributed by atoms with Crippen molar-refractivity contribution in [1.29, 1.82) is 0 Å². The standard InChI is InChI=1S/C27H26N2O9/c1-13-23(36-15(3)31)22-18(25-24(13)37-16(4)38-25)10-19-26(33)28(14(2)30)11-21(32)29(19)20(22)12-35-27(34)17-8-6-5-7-9-17/h5-9,16,19-20H,10-12H2,1-4H3/t16?,19-,20+/m0/s1. The first kappa shape index (κ1) is 25.2. The van der Waals surface area contributed by atoms with Gasteiger partial charge in [0, 0.05) is 43.9 Å². The predicted molar refractivity (Wildman–Crippen MR) is 129 cm³/mol. The normalized spacial score (nSPS) is 21.5. The van der Waals surface area contributed by atoms with E-state index >= 15 is 0 Å². The molecule has 1 fully saturated rings. The van der Waals surface area contributed by atoms with Crippen molar-refractivity contribution in [2.75, 3.05) is 13.2 Å². The second-order valence-corrected chi connectivity index (χ2v) is 9.35. The minimum absolute atomic E-state index is 0.0141. The topological polar surface area (TPSA) is 129 Å². The van der Waals surface area contributed by atoms with Gasteiger partial charge in [0.1, 0.15) is 24.9 Å². The number of carbonyl (C=O) groups excluding carboxylic acids is 5. The van der Waals surface area contributed by atoms with E-state index in [0.717, 1.165) is 4.90 Å². The van der Waals surface area contributed by atoms with Gasteiger partial charge in [-0.05, 0) is 19.1 Å². The average Bonchev–Trinajstić information content (AvgIpc) is 3.28. The molecular weight excluding hydrogens is 496 g/mol. The van der Waals surface area contributed by atoms with Gasteiger partial charge in [-0.3, -0.25) is 24.1 Å². The van der Waals surface area contributed by atoms with Crippen LogP contribution in [0.1, 0.15) is 53.9 Å². The number of hydrogen-bond donors (Lipinski definition) is 0. The van der Waals surface area contributed by atoms with Crippen LogP contribution >= 0.6 is 0 Å². The van der Waals surface area contributed by atoms with Crippen LogP contribution in [0.2, 0.25) is 0 Å². The molecule has 5 rings (SSSR count). The molecule has 11 heteroatoms. The van der Waals surface area contributed by atoms with Gasteiger partial charge in [-0.25, -0.2) is 4.79 Å². The molecule has 0 aliphatic carbocycles. The first-order valence-electron chi connectivity index (χ1n) is 12.1. The van der Waals surface area contributed by atoms with Gasteiger partial charge in [-0.1, -0.05) is 18.2 Å². The quantitative estimate of drug-likeness (QED) is 0.438. The predicted octanol–water partition coefficient (Wildman–Crippen LogP) is 2.08. The van der Waals surface area contributed by atoms with E-state index in [4.69, 9.17) is 18.9 Å². The van der Waals surface area contributed by atoms with Crippen LogP contribution in [0.4, 0.5) is 0 Å². The highest BCUT2D eigenvalue weighted by Crippen LogP contribution is 2.53. The largest absolute Gasteiger partial charge is 0.460 e. The van der Waals surface area contributed by atoms with E-state index in [0.29, 0.717) is 33.8 Å². The Morgan fingerprint density at radius 3 is 2.39 bits per heavy atom. The second-order valence-electron chi connectivity index (χ2n) is 9.35. The summed E-state index contributed by atoms with van der Waals surface area (Å²) in [7, 11) is 0. The van der Waals surface area contributed by atoms with E-state index in [9.17, 15) is 24.0 Å². The number of carbonyl (C=O) groups is 5. The SMILES string of the molecule is CC(=O)Oc1c(C)c2c(c3c1[C@@H](COC(=O)c1ccccc1)N1C(=O)CN(C(C)=O)C(=O)[C@@H]1C3)OC(C)O2. The minimum Gasteiger partial charge on any atom is -0.460 e. The number of nitrogens with zero attached hydrogens (tertiary/aromatic N) is 2. The van der Waals surface area contributed by atoms with E-state index in [1.54, 1.807) is 44.2 Å². The lowest BCUT2D eigenvalue weighted by Gasteiger charge is -2.47. The fraction of sp³-hybridized carbons (Fsp3) is 0.370. The summed E-state index contributed by atoms with van der Waals surface area (Å²) in [4.78, 5) is 66.1. The van der Waals surface area contributed by atoms with E-state index in [2.05, 4.69) is 0 Å². The maximum atomic E-state index is 13.4.